The summed E-state index contributed by atoms with van der Waals surface area (Å²) in [7, 11) is 3.84. The minimum atomic E-state index is 0.0659. The van der Waals surface area contributed by atoms with Crippen LogP contribution in [0, 0.1) is 6.92 Å². The molecular formula is C13H16ClN3. The zero-order valence-corrected chi connectivity index (χ0v) is 11.0. The Balaban J connectivity index is 2.52. The van der Waals surface area contributed by atoms with Gasteiger partial charge < -0.3 is 5.32 Å². The molecule has 1 atom stereocenters. The van der Waals surface area contributed by atoms with Crippen LogP contribution in [0.4, 0.5) is 0 Å². The third-order valence-corrected chi connectivity index (χ3v) is 3.29. The van der Waals surface area contributed by atoms with Crippen molar-refractivity contribution in [2.24, 2.45) is 7.05 Å². The first-order valence-electron chi connectivity index (χ1n) is 5.55. The molecule has 0 radical (unpaired) electrons. The number of rotatable bonds is 3. The summed E-state index contributed by atoms with van der Waals surface area (Å²) in [4.78, 5) is 0. The normalized spacial score (nSPS) is 12.7. The molecule has 1 aromatic carbocycles. The van der Waals surface area contributed by atoms with Crippen molar-refractivity contribution in [3.05, 3.63) is 52.3 Å². The summed E-state index contributed by atoms with van der Waals surface area (Å²) in [5, 5.41) is 8.17. The van der Waals surface area contributed by atoms with Crippen LogP contribution in [-0.2, 0) is 7.05 Å². The number of aryl methyl sites for hydroxylation is 2. The second kappa shape index (κ2) is 4.90. The maximum absolute atomic E-state index is 6.20. The first-order chi connectivity index (χ1) is 8.15. The van der Waals surface area contributed by atoms with E-state index < -0.39 is 0 Å². The second-order valence-corrected chi connectivity index (χ2v) is 4.49. The number of benzene rings is 1. The molecular weight excluding hydrogens is 234 g/mol. The van der Waals surface area contributed by atoms with Crippen LogP contribution >= 0.6 is 11.6 Å². The van der Waals surface area contributed by atoms with Crippen LogP contribution < -0.4 is 5.32 Å². The number of hydrogen-bond donors (Lipinski definition) is 1. The van der Waals surface area contributed by atoms with Crippen molar-refractivity contribution in [2.75, 3.05) is 7.05 Å². The summed E-state index contributed by atoms with van der Waals surface area (Å²) < 4.78 is 1.82. The third-order valence-electron chi connectivity index (χ3n) is 3.00. The van der Waals surface area contributed by atoms with E-state index in [-0.39, 0.29) is 6.04 Å². The van der Waals surface area contributed by atoms with Gasteiger partial charge in [0.25, 0.3) is 0 Å². The molecule has 1 heterocycles. The lowest BCUT2D eigenvalue weighted by molar-refractivity contribution is 0.604. The highest BCUT2D eigenvalue weighted by atomic mass is 35.5. The van der Waals surface area contributed by atoms with E-state index >= 15 is 0 Å². The van der Waals surface area contributed by atoms with Gasteiger partial charge >= 0.3 is 0 Å². The van der Waals surface area contributed by atoms with Crippen molar-refractivity contribution >= 4 is 11.6 Å². The first-order valence-corrected chi connectivity index (χ1v) is 5.93. The van der Waals surface area contributed by atoms with E-state index in [4.69, 9.17) is 11.6 Å². The predicted molar refractivity (Wildman–Crippen MR) is 70.3 cm³/mol. The lowest BCUT2D eigenvalue weighted by Gasteiger charge is -2.19. The number of nitrogens with one attached hydrogen (secondary N) is 1. The van der Waals surface area contributed by atoms with Crippen LogP contribution in [-0.4, -0.2) is 16.8 Å². The van der Waals surface area contributed by atoms with Crippen LogP contribution in [0.1, 0.15) is 22.9 Å². The minimum Gasteiger partial charge on any atom is -0.308 e. The molecule has 4 heteroatoms. The van der Waals surface area contributed by atoms with E-state index in [1.807, 2.05) is 30.9 Å². The lowest BCUT2D eigenvalue weighted by Crippen LogP contribution is -2.21. The van der Waals surface area contributed by atoms with Gasteiger partial charge in [-0.25, -0.2) is 0 Å². The molecule has 0 bridgehead atoms. The van der Waals surface area contributed by atoms with Crippen molar-refractivity contribution in [1.82, 2.24) is 15.1 Å². The van der Waals surface area contributed by atoms with Crippen LogP contribution in [0.5, 0.6) is 0 Å². The molecule has 0 spiro atoms. The monoisotopic (exact) mass is 249 g/mol. The zero-order valence-electron chi connectivity index (χ0n) is 10.2. The Morgan fingerprint density at radius 1 is 1.35 bits per heavy atom. The van der Waals surface area contributed by atoms with E-state index in [1.165, 1.54) is 11.1 Å². The number of halogens is 1. The fraction of sp³-hybridized carbons (Fsp3) is 0.308. The lowest BCUT2D eigenvalue weighted by atomic mass is 9.99. The predicted octanol–water partition coefficient (Wildman–Crippen LogP) is 2.69. The number of aromatic nitrogens is 2. The molecule has 0 fully saturated rings. The summed E-state index contributed by atoms with van der Waals surface area (Å²) in [6.07, 6.45) is 1.68. The molecule has 0 amide bonds. The van der Waals surface area contributed by atoms with Gasteiger partial charge in [0.2, 0.25) is 0 Å². The molecule has 0 aliphatic rings. The summed E-state index contributed by atoms with van der Waals surface area (Å²) in [6, 6.07) is 8.35. The Morgan fingerprint density at radius 3 is 2.59 bits per heavy atom. The molecule has 1 unspecified atom stereocenters. The Kier molecular flexibility index (Phi) is 3.50. The van der Waals surface area contributed by atoms with E-state index in [0.717, 1.165) is 5.69 Å². The topological polar surface area (TPSA) is 29.9 Å². The smallest absolute Gasteiger partial charge is 0.0837 e. The maximum atomic E-state index is 6.20. The first kappa shape index (κ1) is 12.1. The van der Waals surface area contributed by atoms with E-state index in [2.05, 4.69) is 29.5 Å². The van der Waals surface area contributed by atoms with E-state index in [1.54, 1.807) is 6.20 Å². The fourth-order valence-corrected chi connectivity index (χ4v) is 2.37. The van der Waals surface area contributed by atoms with Gasteiger partial charge in [-0.15, -0.1) is 0 Å². The van der Waals surface area contributed by atoms with Gasteiger partial charge in [0.1, 0.15) is 0 Å². The molecule has 17 heavy (non-hydrogen) atoms. The molecule has 2 aromatic rings. The maximum Gasteiger partial charge on any atom is 0.0837 e. The Bertz CT molecular complexity index is 500. The van der Waals surface area contributed by atoms with Crippen LogP contribution in [0.3, 0.4) is 0 Å². The molecule has 1 N–H and O–H groups in total. The fourth-order valence-electron chi connectivity index (χ4n) is 2.10. The van der Waals surface area contributed by atoms with Crippen molar-refractivity contribution in [3.8, 4) is 0 Å². The third kappa shape index (κ3) is 2.21. The molecule has 3 nitrogen and oxygen atoms in total. The molecule has 0 aliphatic carbocycles. The van der Waals surface area contributed by atoms with Gasteiger partial charge in [0.15, 0.2) is 0 Å². The summed E-state index contributed by atoms with van der Waals surface area (Å²) in [6.45, 7) is 2.10. The highest BCUT2D eigenvalue weighted by Gasteiger charge is 2.20. The Labute approximate surface area is 106 Å². The molecule has 0 saturated heterocycles. The average Bonchev–Trinajstić information content (AvgIpc) is 2.64. The highest BCUT2D eigenvalue weighted by Crippen LogP contribution is 2.29. The SMILES string of the molecule is CNC(c1ccccc1C)c1c(Cl)cnn1C. The summed E-state index contributed by atoms with van der Waals surface area (Å²) in [5.41, 5.74) is 3.45. The van der Waals surface area contributed by atoms with Crippen molar-refractivity contribution in [3.63, 3.8) is 0 Å². The van der Waals surface area contributed by atoms with Crippen molar-refractivity contribution < 1.29 is 0 Å². The van der Waals surface area contributed by atoms with E-state index in [0.29, 0.717) is 5.02 Å². The van der Waals surface area contributed by atoms with Gasteiger partial charge in [-0.3, -0.25) is 4.68 Å². The average molecular weight is 250 g/mol. The van der Waals surface area contributed by atoms with Crippen LogP contribution in [0.15, 0.2) is 30.5 Å². The van der Waals surface area contributed by atoms with Crippen LogP contribution in [0.25, 0.3) is 0 Å². The zero-order chi connectivity index (χ0) is 12.4. The van der Waals surface area contributed by atoms with Gasteiger partial charge in [-0.1, -0.05) is 35.9 Å². The Hall–Kier alpha value is -1.32. The van der Waals surface area contributed by atoms with Crippen molar-refractivity contribution in [2.45, 2.75) is 13.0 Å². The molecule has 0 aliphatic heterocycles. The number of hydrogen-bond acceptors (Lipinski definition) is 2. The quantitative estimate of drug-likeness (QED) is 0.907. The summed E-state index contributed by atoms with van der Waals surface area (Å²) in [5.74, 6) is 0. The largest absolute Gasteiger partial charge is 0.308 e. The molecule has 1 aromatic heterocycles. The van der Waals surface area contributed by atoms with E-state index in [9.17, 15) is 0 Å². The van der Waals surface area contributed by atoms with Gasteiger partial charge in [0.05, 0.1) is 23.0 Å². The summed E-state index contributed by atoms with van der Waals surface area (Å²) >= 11 is 6.20. The van der Waals surface area contributed by atoms with Gasteiger partial charge in [-0.2, -0.15) is 5.10 Å². The minimum absolute atomic E-state index is 0.0659. The molecule has 90 valence electrons. The highest BCUT2D eigenvalue weighted by molar-refractivity contribution is 6.31. The van der Waals surface area contributed by atoms with Gasteiger partial charge in [0, 0.05) is 7.05 Å². The van der Waals surface area contributed by atoms with Crippen molar-refractivity contribution in [1.29, 1.82) is 0 Å². The molecule has 2 rings (SSSR count). The number of nitrogens with zero attached hydrogens (tertiary/aromatic N) is 2. The second-order valence-electron chi connectivity index (χ2n) is 4.08. The molecule has 0 saturated carbocycles. The Morgan fingerprint density at radius 2 is 2.06 bits per heavy atom. The van der Waals surface area contributed by atoms with Gasteiger partial charge in [-0.05, 0) is 25.1 Å². The standard InChI is InChI=1S/C13H16ClN3/c1-9-6-4-5-7-10(9)12(15-2)13-11(14)8-16-17(13)3/h4-8,12,15H,1-3H3. The van der Waals surface area contributed by atoms with Crippen LogP contribution in [0.2, 0.25) is 5.02 Å².